The van der Waals surface area contributed by atoms with Gasteiger partial charge in [0.1, 0.15) is 5.69 Å². The Hall–Kier alpha value is -3.03. The second kappa shape index (κ2) is 9.65. The van der Waals surface area contributed by atoms with E-state index in [0.29, 0.717) is 12.0 Å². The number of rotatable bonds is 8. The molecular formula is C22H19ClN2O4S. The average Bonchev–Trinajstić information content (AvgIpc) is 2.74. The highest BCUT2D eigenvalue weighted by molar-refractivity contribution is 8.13. The van der Waals surface area contributed by atoms with Gasteiger partial charge < -0.3 is 5.32 Å². The lowest BCUT2D eigenvalue weighted by Gasteiger charge is -2.18. The second-order valence-corrected chi connectivity index (χ2v) is 9.22. The second-order valence-electron chi connectivity index (χ2n) is 6.66. The van der Waals surface area contributed by atoms with Crippen molar-refractivity contribution in [2.45, 2.75) is 23.8 Å². The first-order valence-corrected chi connectivity index (χ1v) is 11.5. The van der Waals surface area contributed by atoms with E-state index in [2.05, 4.69) is 10.3 Å². The number of ketones is 1. The maximum atomic E-state index is 13.0. The normalized spacial score (nSPS) is 12.2. The zero-order valence-corrected chi connectivity index (χ0v) is 17.4. The van der Waals surface area contributed by atoms with E-state index in [4.69, 9.17) is 10.7 Å². The van der Waals surface area contributed by atoms with Gasteiger partial charge in [0, 0.05) is 23.3 Å². The zero-order valence-electron chi connectivity index (χ0n) is 15.9. The Morgan fingerprint density at radius 1 is 0.900 bits per heavy atom. The van der Waals surface area contributed by atoms with Crippen LogP contribution >= 0.6 is 10.7 Å². The molecule has 1 heterocycles. The van der Waals surface area contributed by atoms with Crippen LogP contribution in [0.2, 0.25) is 0 Å². The number of halogens is 1. The lowest BCUT2D eigenvalue weighted by atomic mass is 9.97. The molecule has 30 heavy (non-hydrogen) atoms. The van der Waals surface area contributed by atoms with Crippen LogP contribution in [0.5, 0.6) is 0 Å². The molecule has 0 spiro atoms. The molecular weight excluding hydrogens is 424 g/mol. The lowest BCUT2D eigenvalue weighted by Crippen LogP contribution is -2.43. The van der Waals surface area contributed by atoms with Crippen molar-refractivity contribution >= 4 is 31.4 Å². The minimum atomic E-state index is -3.83. The minimum absolute atomic E-state index is 0.0304. The van der Waals surface area contributed by atoms with Crippen LogP contribution in [0.15, 0.2) is 83.9 Å². The fraction of sp³-hybridized carbons (Fsp3) is 0.136. The Labute approximate surface area is 179 Å². The van der Waals surface area contributed by atoms with Crippen LogP contribution in [0.25, 0.3) is 0 Å². The van der Waals surface area contributed by atoms with Crippen LogP contribution in [-0.2, 0) is 26.7 Å². The van der Waals surface area contributed by atoms with E-state index in [1.54, 1.807) is 18.2 Å². The third-order valence-corrected chi connectivity index (χ3v) is 5.83. The van der Waals surface area contributed by atoms with Crippen molar-refractivity contribution in [3.63, 3.8) is 0 Å². The van der Waals surface area contributed by atoms with Crippen molar-refractivity contribution in [2.75, 3.05) is 0 Å². The highest BCUT2D eigenvalue weighted by atomic mass is 35.7. The molecule has 2 aromatic carbocycles. The predicted molar refractivity (Wildman–Crippen MR) is 114 cm³/mol. The molecule has 6 nitrogen and oxygen atoms in total. The highest BCUT2D eigenvalue weighted by Gasteiger charge is 2.23. The number of nitrogens with one attached hydrogen (secondary N) is 1. The minimum Gasteiger partial charge on any atom is -0.341 e. The number of pyridine rings is 1. The largest absolute Gasteiger partial charge is 0.341 e. The number of hydrogen-bond acceptors (Lipinski definition) is 5. The fourth-order valence-electron chi connectivity index (χ4n) is 2.92. The number of carbonyl (C=O) groups excluding carboxylic acids is 2. The van der Waals surface area contributed by atoms with E-state index < -0.39 is 21.0 Å². The molecule has 8 heteroatoms. The summed E-state index contributed by atoms with van der Waals surface area (Å²) >= 11 is 0. The Balaban J connectivity index is 1.78. The van der Waals surface area contributed by atoms with Crippen LogP contribution in [0.3, 0.4) is 0 Å². The summed E-state index contributed by atoms with van der Waals surface area (Å²) in [5, 5.41) is 2.77. The topological polar surface area (TPSA) is 93.2 Å². The Kier molecular flexibility index (Phi) is 6.97. The Bertz CT molecular complexity index is 1120. The standard InChI is InChI=1S/C22H19ClN2O4S/c23-30(28,29)18-11-9-17(10-12-18)15-21(26)20(14-16-6-2-1-3-7-16)25-22(27)19-8-4-5-13-24-19/h1-13,20H,14-15H2,(H,25,27)/t20-/m0/s1. The van der Waals surface area contributed by atoms with Gasteiger partial charge in [0.05, 0.1) is 10.9 Å². The van der Waals surface area contributed by atoms with Crippen LogP contribution < -0.4 is 5.32 Å². The number of nitrogens with zero attached hydrogens (tertiary/aromatic N) is 1. The first kappa shape index (κ1) is 21.7. The Morgan fingerprint density at radius 3 is 2.17 bits per heavy atom. The van der Waals surface area contributed by atoms with Gasteiger partial charge in [-0.25, -0.2) is 8.42 Å². The highest BCUT2D eigenvalue weighted by Crippen LogP contribution is 2.16. The molecule has 1 N–H and O–H groups in total. The summed E-state index contributed by atoms with van der Waals surface area (Å²) in [6.07, 6.45) is 1.87. The van der Waals surface area contributed by atoms with Crippen LogP contribution in [-0.4, -0.2) is 31.1 Å². The van der Waals surface area contributed by atoms with Gasteiger partial charge in [-0.05, 0) is 41.8 Å². The van der Waals surface area contributed by atoms with E-state index in [1.165, 1.54) is 30.5 Å². The van der Waals surface area contributed by atoms with Crippen molar-refractivity contribution in [3.05, 3.63) is 95.8 Å². The SMILES string of the molecule is O=C(N[C@@H](Cc1ccccc1)C(=O)Cc1ccc(S(=O)(=O)Cl)cc1)c1ccccn1. The van der Waals surface area contributed by atoms with E-state index >= 15 is 0 Å². The molecule has 1 atom stereocenters. The first-order chi connectivity index (χ1) is 14.3. The fourth-order valence-corrected chi connectivity index (χ4v) is 3.69. The lowest BCUT2D eigenvalue weighted by molar-refractivity contribution is -0.120. The van der Waals surface area contributed by atoms with E-state index in [-0.39, 0.29) is 22.8 Å². The van der Waals surface area contributed by atoms with Gasteiger partial charge in [-0.2, -0.15) is 0 Å². The zero-order chi connectivity index (χ0) is 21.6. The summed E-state index contributed by atoms with van der Waals surface area (Å²) in [4.78, 5) is 29.5. The van der Waals surface area contributed by atoms with Crippen molar-refractivity contribution in [1.29, 1.82) is 0 Å². The molecule has 0 saturated heterocycles. The van der Waals surface area contributed by atoms with Crippen molar-refractivity contribution in [2.24, 2.45) is 0 Å². The number of aromatic nitrogens is 1. The molecule has 0 fully saturated rings. The molecule has 3 aromatic rings. The molecule has 0 radical (unpaired) electrons. The summed E-state index contributed by atoms with van der Waals surface area (Å²) in [7, 11) is 1.50. The molecule has 1 amide bonds. The van der Waals surface area contributed by atoms with E-state index in [9.17, 15) is 18.0 Å². The number of benzene rings is 2. The third kappa shape index (κ3) is 5.98. The molecule has 0 saturated carbocycles. The molecule has 0 bridgehead atoms. The molecule has 1 aromatic heterocycles. The molecule has 0 unspecified atom stereocenters. The maximum absolute atomic E-state index is 13.0. The maximum Gasteiger partial charge on any atom is 0.270 e. The molecule has 154 valence electrons. The van der Waals surface area contributed by atoms with Crippen LogP contribution in [0.1, 0.15) is 21.6 Å². The van der Waals surface area contributed by atoms with Gasteiger partial charge in [-0.3, -0.25) is 14.6 Å². The van der Waals surface area contributed by atoms with Crippen molar-refractivity contribution < 1.29 is 18.0 Å². The first-order valence-electron chi connectivity index (χ1n) is 9.15. The molecule has 0 aliphatic heterocycles. The van der Waals surface area contributed by atoms with Crippen LogP contribution in [0, 0.1) is 0 Å². The van der Waals surface area contributed by atoms with Gasteiger partial charge >= 0.3 is 0 Å². The quantitative estimate of drug-likeness (QED) is 0.541. The number of Topliss-reactive ketones (excluding diaryl/α,β-unsaturated/α-hetero) is 1. The van der Waals surface area contributed by atoms with E-state index in [1.807, 2.05) is 30.3 Å². The Morgan fingerprint density at radius 2 is 1.57 bits per heavy atom. The summed E-state index contributed by atoms with van der Waals surface area (Å²) in [5.74, 6) is -0.641. The summed E-state index contributed by atoms with van der Waals surface area (Å²) in [6.45, 7) is 0. The average molecular weight is 443 g/mol. The smallest absolute Gasteiger partial charge is 0.270 e. The van der Waals surface area contributed by atoms with Gasteiger partial charge in [0.25, 0.3) is 15.0 Å². The van der Waals surface area contributed by atoms with Gasteiger partial charge in [0.15, 0.2) is 5.78 Å². The monoisotopic (exact) mass is 442 g/mol. The van der Waals surface area contributed by atoms with Gasteiger partial charge in [-0.15, -0.1) is 0 Å². The van der Waals surface area contributed by atoms with Crippen LogP contribution in [0.4, 0.5) is 0 Å². The van der Waals surface area contributed by atoms with Gasteiger partial charge in [-0.1, -0.05) is 48.5 Å². The van der Waals surface area contributed by atoms with Crippen molar-refractivity contribution in [1.82, 2.24) is 10.3 Å². The van der Waals surface area contributed by atoms with Gasteiger partial charge in [0.2, 0.25) is 0 Å². The molecule has 0 aliphatic rings. The summed E-state index contributed by atoms with van der Waals surface area (Å²) in [6, 6.07) is 19.3. The third-order valence-electron chi connectivity index (χ3n) is 4.46. The number of carbonyl (C=O) groups is 2. The number of amides is 1. The number of hydrogen-bond donors (Lipinski definition) is 1. The molecule has 3 rings (SSSR count). The van der Waals surface area contributed by atoms with Crippen molar-refractivity contribution in [3.8, 4) is 0 Å². The predicted octanol–water partition coefficient (Wildman–Crippen LogP) is 3.16. The summed E-state index contributed by atoms with van der Waals surface area (Å²) < 4.78 is 22.8. The van der Waals surface area contributed by atoms with E-state index in [0.717, 1.165) is 5.56 Å². The molecule has 0 aliphatic carbocycles. The summed E-state index contributed by atoms with van der Waals surface area (Å²) in [5.41, 5.74) is 1.75.